The Balaban J connectivity index is 2.12. The fourth-order valence-corrected chi connectivity index (χ4v) is 2.46. The first-order chi connectivity index (χ1) is 9.49. The fourth-order valence-electron chi connectivity index (χ4n) is 2.24. The van der Waals surface area contributed by atoms with Crippen molar-refractivity contribution in [2.75, 3.05) is 5.32 Å². The van der Waals surface area contributed by atoms with Crippen molar-refractivity contribution >= 4 is 33.5 Å². The van der Waals surface area contributed by atoms with Crippen LogP contribution in [0.1, 0.15) is 18.4 Å². The van der Waals surface area contributed by atoms with Crippen LogP contribution in [-0.2, 0) is 9.59 Å². The fraction of sp³-hybridized carbons (Fsp3) is 0.357. The summed E-state index contributed by atoms with van der Waals surface area (Å²) in [5.74, 6) is -2.41. The molecule has 0 spiro atoms. The zero-order valence-corrected chi connectivity index (χ0v) is 12.6. The molecule has 106 valence electrons. The Kier molecular flexibility index (Phi) is 4.54. The van der Waals surface area contributed by atoms with Crippen LogP contribution < -0.4 is 5.32 Å². The summed E-state index contributed by atoms with van der Waals surface area (Å²) < 4.78 is 0.722. The van der Waals surface area contributed by atoms with Gasteiger partial charge in [-0.05, 0) is 47.3 Å². The molecule has 1 aliphatic carbocycles. The van der Waals surface area contributed by atoms with Crippen molar-refractivity contribution in [2.24, 2.45) is 11.8 Å². The number of nitrogens with zero attached hydrogens (tertiary/aromatic N) is 1. The van der Waals surface area contributed by atoms with Crippen LogP contribution in [0, 0.1) is 18.8 Å². The number of carbonyl (C=O) groups excluding carboxylic acids is 1. The number of rotatable bonds is 3. The first-order valence-electron chi connectivity index (χ1n) is 6.30. The first-order valence-corrected chi connectivity index (χ1v) is 7.09. The Hall–Kier alpha value is -1.69. The first kappa shape index (κ1) is 14.7. The van der Waals surface area contributed by atoms with Crippen molar-refractivity contribution in [3.05, 3.63) is 34.6 Å². The number of pyridine rings is 1. The third-order valence-electron chi connectivity index (χ3n) is 3.37. The summed E-state index contributed by atoms with van der Waals surface area (Å²) in [6, 6.07) is 1.80. The van der Waals surface area contributed by atoms with E-state index < -0.39 is 17.8 Å². The number of nitrogens with one attached hydrogen (secondary N) is 1. The third kappa shape index (κ3) is 3.25. The van der Waals surface area contributed by atoms with Gasteiger partial charge in [0.15, 0.2) is 0 Å². The average Bonchev–Trinajstić information content (AvgIpc) is 2.43. The lowest BCUT2D eigenvalue weighted by Crippen LogP contribution is -2.34. The monoisotopic (exact) mass is 338 g/mol. The standard InChI is InChI=1S/C14H15BrN2O3/c1-8-6-9(7-16-12(8)15)17-13(18)10-4-2-3-5-11(10)14(19)20/h2-3,6-7,10-11H,4-5H2,1H3,(H,17,18)(H,19,20). The van der Waals surface area contributed by atoms with E-state index in [1.165, 1.54) is 0 Å². The van der Waals surface area contributed by atoms with Gasteiger partial charge < -0.3 is 10.4 Å². The maximum Gasteiger partial charge on any atom is 0.307 e. The Morgan fingerprint density at radius 2 is 2.00 bits per heavy atom. The number of anilines is 1. The maximum atomic E-state index is 12.2. The number of carboxylic acids is 1. The lowest BCUT2D eigenvalue weighted by atomic mass is 9.82. The Labute approximate surface area is 125 Å². The molecule has 0 radical (unpaired) electrons. The highest BCUT2D eigenvalue weighted by atomic mass is 79.9. The van der Waals surface area contributed by atoms with Gasteiger partial charge >= 0.3 is 5.97 Å². The number of carboxylic acid groups (broad SMARTS) is 1. The quantitative estimate of drug-likeness (QED) is 0.656. The highest BCUT2D eigenvalue weighted by Crippen LogP contribution is 2.27. The molecule has 0 aliphatic heterocycles. The summed E-state index contributed by atoms with van der Waals surface area (Å²) >= 11 is 3.29. The summed E-state index contributed by atoms with van der Waals surface area (Å²) in [6.07, 6.45) is 6.06. The molecule has 6 heteroatoms. The van der Waals surface area contributed by atoms with Crippen molar-refractivity contribution in [3.8, 4) is 0 Å². The van der Waals surface area contributed by atoms with E-state index in [1.54, 1.807) is 12.3 Å². The molecule has 0 saturated carbocycles. The minimum atomic E-state index is -0.931. The number of carbonyl (C=O) groups is 2. The molecule has 1 heterocycles. The number of aliphatic carboxylic acids is 1. The van der Waals surface area contributed by atoms with Gasteiger partial charge in [0.25, 0.3) is 0 Å². The van der Waals surface area contributed by atoms with E-state index in [9.17, 15) is 14.7 Å². The summed E-state index contributed by atoms with van der Waals surface area (Å²) in [6.45, 7) is 1.87. The number of amides is 1. The number of aromatic nitrogens is 1. The second-order valence-electron chi connectivity index (χ2n) is 4.81. The van der Waals surface area contributed by atoms with E-state index in [0.717, 1.165) is 10.2 Å². The van der Waals surface area contributed by atoms with Gasteiger partial charge in [0.2, 0.25) is 5.91 Å². The summed E-state index contributed by atoms with van der Waals surface area (Å²) in [7, 11) is 0. The molecule has 1 amide bonds. The van der Waals surface area contributed by atoms with E-state index in [1.807, 2.05) is 19.1 Å². The molecule has 5 nitrogen and oxygen atoms in total. The van der Waals surface area contributed by atoms with Crippen LogP contribution in [0.5, 0.6) is 0 Å². The predicted molar refractivity (Wildman–Crippen MR) is 78.3 cm³/mol. The van der Waals surface area contributed by atoms with Gasteiger partial charge in [-0.2, -0.15) is 0 Å². The van der Waals surface area contributed by atoms with Crippen LogP contribution in [0.3, 0.4) is 0 Å². The average molecular weight is 339 g/mol. The molecule has 1 aromatic rings. The molecule has 2 atom stereocenters. The van der Waals surface area contributed by atoms with Gasteiger partial charge in [0.05, 0.1) is 23.7 Å². The number of halogens is 1. The largest absolute Gasteiger partial charge is 0.481 e. The smallest absolute Gasteiger partial charge is 0.307 e. The van der Waals surface area contributed by atoms with Gasteiger partial charge in [-0.3, -0.25) is 9.59 Å². The molecule has 2 N–H and O–H groups in total. The predicted octanol–water partition coefficient (Wildman–Crippen LogP) is 2.76. The van der Waals surface area contributed by atoms with E-state index in [-0.39, 0.29) is 5.91 Å². The van der Waals surface area contributed by atoms with Crippen LogP contribution in [0.25, 0.3) is 0 Å². The second-order valence-corrected chi connectivity index (χ2v) is 5.57. The van der Waals surface area contributed by atoms with Gasteiger partial charge in [0, 0.05) is 0 Å². The van der Waals surface area contributed by atoms with Crippen LogP contribution in [-0.4, -0.2) is 22.0 Å². The summed E-state index contributed by atoms with van der Waals surface area (Å²) in [5.41, 5.74) is 1.48. The SMILES string of the molecule is Cc1cc(NC(=O)C2CC=CCC2C(=O)O)cnc1Br. The number of aryl methyl sites for hydroxylation is 1. The molecule has 0 fully saturated rings. The Morgan fingerprint density at radius 1 is 1.35 bits per heavy atom. The topological polar surface area (TPSA) is 79.3 Å². The second kappa shape index (κ2) is 6.17. The van der Waals surface area contributed by atoms with Gasteiger partial charge in [-0.15, -0.1) is 0 Å². The molecular weight excluding hydrogens is 324 g/mol. The highest BCUT2D eigenvalue weighted by Gasteiger charge is 2.33. The van der Waals surface area contributed by atoms with Crippen molar-refractivity contribution in [2.45, 2.75) is 19.8 Å². The molecule has 1 aromatic heterocycles. The summed E-state index contributed by atoms with van der Waals surface area (Å²) in [4.78, 5) is 27.5. The van der Waals surface area contributed by atoms with Gasteiger partial charge in [-0.1, -0.05) is 12.2 Å². The lowest BCUT2D eigenvalue weighted by Gasteiger charge is -2.24. The van der Waals surface area contributed by atoms with Crippen molar-refractivity contribution in [1.82, 2.24) is 4.98 Å². The van der Waals surface area contributed by atoms with Crippen LogP contribution >= 0.6 is 15.9 Å². The van der Waals surface area contributed by atoms with E-state index in [2.05, 4.69) is 26.2 Å². The zero-order valence-electron chi connectivity index (χ0n) is 11.0. The van der Waals surface area contributed by atoms with E-state index in [0.29, 0.717) is 18.5 Å². The molecule has 20 heavy (non-hydrogen) atoms. The van der Waals surface area contributed by atoms with E-state index in [4.69, 9.17) is 0 Å². The van der Waals surface area contributed by atoms with E-state index >= 15 is 0 Å². The Bertz CT molecular complexity index is 572. The maximum absolute atomic E-state index is 12.2. The summed E-state index contributed by atoms with van der Waals surface area (Å²) in [5, 5.41) is 11.9. The molecular formula is C14H15BrN2O3. The van der Waals surface area contributed by atoms with Crippen molar-refractivity contribution in [3.63, 3.8) is 0 Å². The van der Waals surface area contributed by atoms with Gasteiger partial charge in [0.1, 0.15) is 4.60 Å². The zero-order chi connectivity index (χ0) is 14.7. The van der Waals surface area contributed by atoms with Crippen molar-refractivity contribution in [1.29, 1.82) is 0 Å². The molecule has 2 unspecified atom stereocenters. The minimum Gasteiger partial charge on any atom is -0.481 e. The third-order valence-corrected chi connectivity index (χ3v) is 4.20. The van der Waals surface area contributed by atoms with Crippen molar-refractivity contribution < 1.29 is 14.7 Å². The number of hydrogen-bond acceptors (Lipinski definition) is 3. The lowest BCUT2D eigenvalue weighted by molar-refractivity contribution is -0.146. The van der Waals surface area contributed by atoms with Crippen LogP contribution in [0.15, 0.2) is 29.0 Å². The highest BCUT2D eigenvalue weighted by molar-refractivity contribution is 9.10. The molecule has 1 aliphatic rings. The minimum absolute atomic E-state index is 0.273. The number of hydrogen-bond donors (Lipinski definition) is 2. The van der Waals surface area contributed by atoms with Gasteiger partial charge in [-0.25, -0.2) is 4.98 Å². The normalized spacial score (nSPS) is 21.5. The molecule has 0 bridgehead atoms. The Morgan fingerprint density at radius 3 is 2.60 bits per heavy atom. The van der Waals surface area contributed by atoms with Crippen LogP contribution in [0.4, 0.5) is 5.69 Å². The number of allylic oxidation sites excluding steroid dienone is 2. The molecule has 0 aromatic carbocycles. The molecule has 0 saturated heterocycles. The molecule has 2 rings (SSSR count). The van der Waals surface area contributed by atoms with Crippen LogP contribution in [0.2, 0.25) is 0 Å².